The zero-order valence-electron chi connectivity index (χ0n) is 13.6. The molecule has 0 amide bonds. The van der Waals surface area contributed by atoms with Crippen LogP contribution in [0.5, 0.6) is 0 Å². The average molecular weight is 305 g/mol. The summed E-state index contributed by atoms with van der Waals surface area (Å²) in [7, 11) is 0. The fourth-order valence-electron chi connectivity index (χ4n) is 2.40. The van der Waals surface area contributed by atoms with Gasteiger partial charge < -0.3 is 4.55 Å². The highest BCUT2D eigenvalue weighted by Crippen LogP contribution is 2.09. The molecule has 0 spiro atoms. The number of hydrogen-bond acceptors (Lipinski definition) is 2. The standard InChI is InChI=1S/C16H35NO2S/c1-3-5-7-9-11-13-15-17(20(18)19)16-14-12-10-8-6-4-2/h3-16H2,1-2H3,(H,18,19)/p-1. The van der Waals surface area contributed by atoms with Crippen LogP contribution in [-0.2, 0) is 11.3 Å². The molecule has 0 aromatic rings. The Hall–Kier alpha value is 0.0700. The van der Waals surface area contributed by atoms with Crippen molar-refractivity contribution in [1.29, 1.82) is 0 Å². The zero-order chi connectivity index (χ0) is 15.1. The maximum absolute atomic E-state index is 11.2. The van der Waals surface area contributed by atoms with Crippen molar-refractivity contribution < 1.29 is 8.76 Å². The summed E-state index contributed by atoms with van der Waals surface area (Å²) in [5.41, 5.74) is 0. The molecule has 0 N–H and O–H groups in total. The van der Waals surface area contributed by atoms with Gasteiger partial charge in [0.25, 0.3) is 0 Å². The Morgan fingerprint density at radius 1 is 0.700 bits per heavy atom. The molecule has 1 atom stereocenters. The second kappa shape index (κ2) is 15.5. The average Bonchev–Trinajstić information content (AvgIpc) is 2.43. The van der Waals surface area contributed by atoms with E-state index < -0.39 is 11.3 Å². The van der Waals surface area contributed by atoms with Gasteiger partial charge in [0, 0.05) is 24.4 Å². The fourth-order valence-corrected chi connectivity index (χ4v) is 2.95. The van der Waals surface area contributed by atoms with Crippen LogP contribution in [0.15, 0.2) is 0 Å². The van der Waals surface area contributed by atoms with E-state index >= 15 is 0 Å². The summed E-state index contributed by atoms with van der Waals surface area (Å²) in [6, 6.07) is 0. The van der Waals surface area contributed by atoms with E-state index in [0.29, 0.717) is 13.1 Å². The van der Waals surface area contributed by atoms with E-state index in [4.69, 9.17) is 0 Å². The SMILES string of the molecule is CCCCCCCCN(CCCCCCCC)S(=O)[O-]. The number of unbranched alkanes of at least 4 members (excludes halogenated alkanes) is 10. The summed E-state index contributed by atoms with van der Waals surface area (Å²) < 4.78 is 23.9. The highest BCUT2D eigenvalue weighted by molar-refractivity contribution is 7.76. The van der Waals surface area contributed by atoms with Crippen LogP contribution in [0.4, 0.5) is 0 Å². The molecule has 0 fully saturated rings. The van der Waals surface area contributed by atoms with Crippen LogP contribution >= 0.6 is 0 Å². The summed E-state index contributed by atoms with van der Waals surface area (Å²) >= 11 is -2.04. The van der Waals surface area contributed by atoms with Gasteiger partial charge in [-0.15, -0.1) is 0 Å². The van der Waals surface area contributed by atoms with E-state index in [1.807, 2.05) is 0 Å². The molecule has 4 heteroatoms. The fraction of sp³-hybridized carbons (Fsp3) is 1.00. The van der Waals surface area contributed by atoms with Gasteiger partial charge in [0.05, 0.1) is 0 Å². The van der Waals surface area contributed by atoms with E-state index in [1.165, 1.54) is 51.4 Å². The first-order valence-electron chi connectivity index (χ1n) is 8.56. The van der Waals surface area contributed by atoms with Crippen molar-refractivity contribution in [3.63, 3.8) is 0 Å². The van der Waals surface area contributed by atoms with Gasteiger partial charge >= 0.3 is 0 Å². The highest BCUT2D eigenvalue weighted by Gasteiger charge is 2.04. The molecule has 0 aromatic heterocycles. The smallest absolute Gasteiger partial charge is 0.0209 e. The Morgan fingerprint density at radius 3 is 1.40 bits per heavy atom. The normalized spacial score (nSPS) is 13.0. The lowest BCUT2D eigenvalue weighted by molar-refractivity contribution is 0.366. The lowest BCUT2D eigenvalue weighted by Gasteiger charge is -2.24. The van der Waals surface area contributed by atoms with Crippen molar-refractivity contribution in [2.75, 3.05) is 13.1 Å². The lowest BCUT2D eigenvalue weighted by Crippen LogP contribution is -2.28. The molecule has 0 aliphatic heterocycles. The molecule has 0 aliphatic carbocycles. The molecule has 3 nitrogen and oxygen atoms in total. The minimum Gasteiger partial charge on any atom is -0.760 e. The van der Waals surface area contributed by atoms with Crippen LogP contribution in [0, 0.1) is 0 Å². The first kappa shape index (κ1) is 20.1. The zero-order valence-corrected chi connectivity index (χ0v) is 14.4. The minimum atomic E-state index is -2.04. The molecule has 20 heavy (non-hydrogen) atoms. The third kappa shape index (κ3) is 13.1. The third-order valence-corrected chi connectivity index (χ3v) is 4.52. The summed E-state index contributed by atoms with van der Waals surface area (Å²) in [4.78, 5) is 0. The van der Waals surface area contributed by atoms with Crippen LogP contribution < -0.4 is 0 Å². The first-order chi connectivity index (χ1) is 9.72. The molecule has 1 unspecified atom stereocenters. The minimum absolute atomic E-state index is 0.706. The van der Waals surface area contributed by atoms with Gasteiger partial charge in [0.15, 0.2) is 0 Å². The summed E-state index contributed by atoms with van der Waals surface area (Å²) in [6.07, 6.45) is 14.5. The van der Waals surface area contributed by atoms with Crippen LogP contribution in [0.25, 0.3) is 0 Å². The van der Waals surface area contributed by atoms with E-state index in [9.17, 15) is 8.76 Å². The maximum Gasteiger partial charge on any atom is 0.0209 e. The summed E-state index contributed by atoms with van der Waals surface area (Å²) in [5.74, 6) is 0. The second-order valence-corrected chi connectivity index (χ2v) is 6.63. The van der Waals surface area contributed by atoms with E-state index in [1.54, 1.807) is 4.31 Å². The van der Waals surface area contributed by atoms with Gasteiger partial charge in [0.1, 0.15) is 0 Å². The van der Waals surface area contributed by atoms with Gasteiger partial charge in [-0.05, 0) is 12.8 Å². The van der Waals surface area contributed by atoms with Crippen LogP contribution in [0.2, 0.25) is 0 Å². The summed E-state index contributed by atoms with van der Waals surface area (Å²) in [5, 5.41) is 0. The van der Waals surface area contributed by atoms with Crippen LogP contribution in [0.1, 0.15) is 90.9 Å². The van der Waals surface area contributed by atoms with Crippen molar-refractivity contribution in [3.8, 4) is 0 Å². The van der Waals surface area contributed by atoms with Crippen molar-refractivity contribution in [2.45, 2.75) is 90.9 Å². The summed E-state index contributed by atoms with van der Waals surface area (Å²) in [6.45, 7) is 5.83. The Kier molecular flexibility index (Phi) is 15.5. The molecule has 0 aliphatic rings. The second-order valence-electron chi connectivity index (χ2n) is 5.68. The number of nitrogens with zero attached hydrogens (tertiary/aromatic N) is 1. The maximum atomic E-state index is 11.2. The van der Waals surface area contributed by atoms with Gasteiger partial charge in [-0.2, -0.15) is 0 Å². The molecule has 0 heterocycles. The van der Waals surface area contributed by atoms with E-state index in [-0.39, 0.29) is 0 Å². The molecule has 0 aromatic carbocycles. The van der Waals surface area contributed by atoms with Gasteiger partial charge in [0.2, 0.25) is 0 Å². The molecular formula is C16H34NO2S-. The topological polar surface area (TPSA) is 43.4 Å². The van der Waals surface area contributed by atoms with Crippen molar-refractivity contribution in [1.82, 2.24) is 4.31 Å². The number of hydrogen-bond donors (Lipinski definition) is 0. The van der Waals surface area contributed by atoms with Crippen molar-refractivity contribution >= 4 is 11.3 Å². The quantitative estimate of drug-likeness (QED) is 0.322. The van der Waals surface area contributed by atoms with Crippen molar-refractivity contribution in [3.05, 3.63) is 0 Å². The predicted octanol–water partition coefficient (Wildman–Crippen LogP) is 4.80. The monoisotopic (exact) mass is 304 g/mol. The predicted molar refractivity (Wildman–Crippen MR) is 87.2 cm³/mol. The molecule has 0 rings (SSSR count). The van der Waals surface area contributed by atoms with E-state index in [0.717, 1.165) is 25.7 Å². The molecular weight excluding hydrogens is 270 g/mol. The van der Waals surface area contributed by atoms with Gasteiger partial charge in [-0.1, -0.05) is 78.1 Å². The Labute approximate surface area is 128 Å². The molecule has 0 saturated heterocycles. The molecule has 0 bridgehead atoms. The van der Waals surface area contributed by atoms with Crippen LogP contribution in [-0.4, -0.2) is 26.2 Å². The van der Waals surface area contributed by atoms with Gasteiger partial charge in [-0.3, -0.25) is 4.21 Å². The van der Waals surface area contributed by atoms with E-state index in [2.05, 4.69) is 13.8 Å². The highest BCUT2D eigenvalue weighted by atomic mass is 32.2. The Morgan fingerprint density at radius 2 is 1.05 bits per heavy atom. The molecule has 0 saturated carbocycles. The molecule has 122 valence electrons. The number of rotatable bonds is 15. The lowest BCUT2D eigenvalue weighted by atomic mass is 10.1. The molecule has 0 radical (unpaired) electrons. The van der Waals surface area contributed by atoms with Gasteiger partial charge in [-0.25, -0.2) is 4.31 Å². The largest absolute Gasteiger partial charge is 0.760 e. The Balaban J connectivity index is 3.53. The Bertz CT molecular complexity index is 209. The van der Waals surface area contributed by atoms with Crippen LogP contribution in [0.3, 0.4) is 0 Å². The van der Waals surface area contributed by atoms with Crippen molar-refractivity contribution in [2.24, 2.45) is 0 Å². The first-order valence-corrected chi connectivity index (χ1v) is 9.59. The third-order valence-electron chi connectivity index (χ3n) is 3.73.